The largest absolute Gasteiger partial charge is 0.338 e. The van der Waals surface area contributed by atoms with Gasteiger partial charge in [0.2, 0.25) is 0 Å². The normalized spacial score (nSPS) is 20.6. The molecular formula is C18H22N4O. The molecule has 23 heavy (non-hydrogen) atoms. The number of carbonyl (C=O) groups is 1. The molecule has 0 saturated carbocycles. The van der Waals surface area contributed by atoms with Gasteiger partial charge < -0.3 is 9.47 Å². The van der Waals surface area contributed by atoms with E-state index in [-0.39, 0.29) is 11.8 Å². The van der Waals surface area contributed by atoms with Crippen LogP contribution in [0.15, 0.2) is 24.5 Å². The lowest BCUT2D eigenvalue weighted by atomic mass is 9.96. The average Bonchev–Trinajstić information content (AvgIpc) is 3.22. The Morgan fingerprint density at radius 1 is 1.22 bits per heavy atom. The maximum Gasteiger partial charge on any atom is 0.253 e. The summed E-state index contributed by atoms with van der Waals surface area (Å²) in [5.74, 6) is 1.43. The SMILES string of the molecule is Cn1cnnc1C1CCCN(C(=O)c2ccc3c(c2)CCC3)C1. The molecule has 2 aromatic rings. The van der Waals surface area contributed by atoms with Crippen molar-refractivity contribution in [3.05, 3.63) is 47.0 Å². The van der Waals surface area contributed by atoms with Crippen LogP contribution in [0.5, 0.6) is 0 Å². The van der Waals surface area contributed by atoms with E-state index in [1.54, 1.807) is 6.33 Å². The summed E-state index contributed by atoms with van der Waals surface area (Å²) in [6.45, 7) is 1.58. The van der Waals surface area contributed by atoms with E-state index in [0.29, 0.717) is 0 Å². The summed E-state index contributed by atoms with van der Waals surface area (Å²) in [6.07, 6.45) is 7.30. The van der Waals surface area contributed by atoms with Gasteiger partial charge in [0.25, 0.3) is 5.91 Å². The molecule has 1 atom stereocenters. The van der Waals surface area contributed by atoms with Crippen molar-refractivity contribution in [1.29, 1.82) is 0 Å². The molecule has 2 aliphatic rings. The Hall–Kier alpha value is -2.17. The van der Waals surface area contributed by atoms with E-state index in [2.05, 4.69) is 22.3 Å². The summed E-state index contributed by atoms with van der Waals surface area (Å²) in [5.41, 5.74) is 3.61. The number of aryl methyl sites for hydroxylation is 3. The zero-order valence-electron chi connectivity index (χ0n) is 13.5. The molecule has 0 bridgehead atoms. The van der Waals surface area contributed by atoms with Crippen molar-refractivity contribution >= 4 is 5.91 Å². The first-order chi connectivity index (χ1) is 11.2. The van der Waals surface area contributed by atoms with E-state index in [1.165, 1.54) is 17.5 Å². The van der Waals surface area contributed by atoms with Crippen LogP contribution in [-0.2, 0) is 19.9 Å². The first kappa shape index (κ1) is 14.4. The van der Waals surface area contributed by atoms with Crippen LogP contribution in [0.4, 0.5) is 0 Å². The second-order valence-electron chi connectivity index (χ2n) is 6.73. The number of amides is 1. The molecule has 5 heteroatoms. The van der Waals surface area contributed by atoms with Crippen molar-refractivity contribution in [1.82, 2.24) is 19.7 Å². The summed E-state index contributed by atoms with van der Waals surface area (Å²) < 4.78 is 1.97. The molecule has 1 aliphatic heterocycles. The van der Waals surface area contributed by atoms with Crippen molar-refractivity contribution in [2.75, 3.05) is 13.1 Å². The summed E-state index contributed by atoms with van der Waals surface area (Å²) in [7, 11) is 1.97. The molecule has 120 valence electrons. The molecule has 4 rings (SSSR count). The second kappa shape index (κ2) is 5.80. The first-order valence-electron chi connectivity index (χ1n) is 8.47. The highest BCUT2D eigenvalue weighted by atomic mass is 16.2. The van der Waals surface area contributed by atoms with Gasteiger partial charge in [-0.05, 0) is 55.4 Å². The van der Waals surface area contributed by atoms with Crippen molar-refractivity contribution in [3.63, 3.8) is 0 Å². The molecule has 1 aromatic heterocycles. The molecular weight excluding hydrogens is 288 g/mol. The molecule has 1 unspecified atom stereocenters. The highest BCUT2D eigenvalue weighted by Gasteiger charge is 2.28. The monoisotopic (exact) mass is 310 g/mol. The van der Waals surface area contributed by atoms with Gasteiger partial charge in [0.15, 0.2) is 0 Å². The van der Waals surface area contributed by atoms with Crippen molar-refractivity contribution < 1.29 is 4.79 Å². The number of piperidine rings is 1. The third-order valence-corrected chi connectivity index (χ3v) is 5.17. The molecule has 1 fully saturated rings. The lowest BCUT2D eigenvalue weighted by Crippen LogP contribution is -2.39. The number of nitrogens with zero attached hydrogens (tertiary/aromatic N) is 4. The molecule has 0 N–H and O–H groups in total. The number of carbonyl (C=O) groups excluding carboxylic acids is 1. The van der Waals surface area contributed by atoms with Gasteiger partial charge in [0.1, 0.15) is 12.2 Å². The van der Waals surface area contributed by atoms with Gasteiger partial charge >= 0.3 is 0 Å². The summed E-state index contributed by atoms with van der Waals surface area (Å²) in [5, 5.41) is 8.20. The zero-order valence-corrected chi connectivity index (χ0v) is 13.5. The van der Waals surface area contributed by atoms with E-state index in [4.69, 9.17) is 0 Å². The Labute approximate surface area is 136 Å². The number of rotatable bonds is 2. The standard InChI is InChI=1S/C18H22N4O/c1-21-12-19-20-17(21)16-6-3-9-22(11-16)18(23)15-8-7-13-4-2-5-14(13)10-15/h7-8,10,12,16H,2-6,9,11H2,1H3. The highest BCUT2D eigenvalue weighted by Crippen LogP contribution is 2.27. The maximum atomic E-state index is 12.9. The molecule has 1 aromatic carbocycles. The average molecular weight is 310 g/mol. The minimum atomic E-state index is 0.159. The number of hydrogen-bond donors (Lipinski definition) is 0. The summed E-state index contributed by atoms with van der Waals surface area (Å²) in [6, 6.07) is 6.24. The van der Waals surface area contributed by atoms with Gasteiger partial charge in [-0.1, -0.05) is 6.07 Å². The minimum Gasteiger partial charge on any atom is -0.338 e. The smallest absolute Gasteiger partial charge is 0.253 e. The number of hydrogen-bond acceptors (Lipinski definition) is 3. The third kappa shape index (κ3) is 2.64. The van der Waals surface area contributed by atoms with Crippen LogP contribution >= 0.6 is 0 Å². The Morgan fingerprint density at radius 3 is 2.91 bits per heavy atom. The van der Waals surface area contributed by atoms with Crippen molar-refractivity contribution in [2.24, 2.45) is 7.05 Å². The van der Waals surface area contributed by atoms with E-state index in [1.807, 2.05) is 22.6 Å². The predicted octanol–water partition coefficient (Wildman–Crippen LogP) is 2.32. The molecule has 2 heterocycles. The fourth-order valence-electron chi connectivity index (χ4n) is 3.92. The zero-order chi connectivity index (χ0) is 15.8. The third-order valence-electron chi connectivity index (χ3n) is 5.17. The fourth-order valence-corrected chi connectivity index (χ4v) is 3.92. The topological polar surface area (TPSA) is 51.0 Å². The number of aromatic nitrogens is 3. The molecule has 1 amide bonds. The number of likely N-dealkylation sites (tertiary alicyclic amines) is 1. The lowest BCUT2D eigenvalue weighted by Gasteiger charge is -2.32. The maximum absolute atomic E-state index is 12.9. The van der Waals surface area contributed by atoms with Gasteiger partial charge in [-0.15, -0.1) is 10.2 Å². The van der Waals surface area contributed by atoms with E-state index in [0.717, 1.165) is 50.2 Å². The summed E-state index contributed by atoms with van der Waals surface area (Å²) in [4.78, 5) is 14.9. The summed E-state index contributed by atoms with van der Waals surface area (Å²) >= 11 is 0. The van der Waals surface area contributed by atoms with Crippen LogP contribution in [0.25, 0.3) is 0 Å². The van der Waals surface area contributed by atoms with Gasteiger partial charge in [-0.25, -0.2) is 0 Å². The van der Waals surface area contributed by atoms with Gasteiger partial charge in [0.05, 0.1) is 0 Å². The van der Waals surface area contributed by atoms with Gasteiger partial charge in [-0.3, -0.25) is 4.79 Å². The van der Waals surface area contributed by atoms with E-state index in [9.17, 15) is 4.79 Å². The Morgan fingerprint density at radius 2 is 2.09 bits per heavy atom. The first-order valence-corrected chi connectivity index (χ1v) is 8.47. The van der Waals surface area contributed by atoms with Crippen molar-refractivity contribution in [3.8, 4) is 0 Å². The van der Waals surface area contributed by atoms with E-state index < -0.39 is 0 Å². The minimum absolute atomic E-state index is 0.159. The predicted molar refractivity (Wildman–Crippen MR) is 87.3 cm³/mol. The van der Waals surface area contributed by atoms with Gasteiger partial charge in [0, 0.05) is 31.6 Å². The quantitative estimate of drug-likeness (QED) is 0.855. The van der Waals surface area contributed by atoms with E-state index >= 15 is 0 Å². The fraction of sp³-hybridized carbons (Fsp3) is 0.500. The lowest BCUT2D eigenvalue weighted by molar-refractivity contribution is 0.0703. The second-order valence-corrected chi connectivity index (χ2v) is 6.73. The van der Waals surface area contributed by atoms with Crippen LogP contribution in [0, 0.1) is 0 Å². The van der Waals surface area contributed by atoms with Crippen LogP contribution in [0.1, 0.15) is 52.5 Å². The number of fused-ring (bicyclic) bond motifs is 1. The molecule has 1 aliphatic carbocycles. The molecule has 0 radical (unpaired) electrons. The Balaban J connectivity index is 1.53. The molecule has 5 nitrogen and oxygen atoms in total. The number of benzene rings is 1. The van der Waals surface area contributed by atoms with Crippen molar-refractivity contribution in [2.45, 2.75) is 38.0 Å². The Kier molecular flexibility index (Phi) is 3.63. The van der Waals surface area contributed by atoms with Crippen LogP contribution < -0.4 is 0 Å². The van der Waals surface area contributed by atoms with Gasteiger partial charge in [-0.2, -0.15) is 0 Å². The molecule has 0 spiro atoms. The Bertz CT molecular complexity index is 736. The highest BCUT2D eigenvalue weighted by molar-refractivity contribution is 5.94. The molecule has 1 saturated heterocycles. The van der Waals surface area contributed by atoms with Crippen LogP contribution in [0.3, 0.4) is 0 Å². The van der Waals surface area contributed by atoms with Crippen LogP contribution in [0.2, 0.25) is 0 Å². The van der Waals surface area contributed by atoms with Crippen LogP contribution in [-0.4, -0.2) is 38.7 Å².